The number of esters is 1. The summed E-state index contributed by atoms with van der Waals surface area (Å²) >= 11 is 0. The standard InChI is InChI=1S/C31H33F4NO2Si/c1-18(2)39(19(3)4,20(5)6)36-16-23(22-14-10-11-15-24(22)36)25-27(32)29(34)26(30(35)28(25)33)31(37)38-17-21-12-8-7-9-13-21/h7-16,18-20H,17H2,1-6H3. The fourth-order valence-electron chi connectivity index (χ4n) is 6.38. The van der Waals surface area contributed by atoms with E-state index in [4.69, 9.17) is 4.74 Å². The van der Waals surface area contributed by atoms with Crippen molar-refractivity contribution in [2.24, 2.45) is 0 Å². The molecule has 0 aliphatic rings. The van der Waals surface area contributed by atoms with Crippen LogP contribution in [0.3, 0.4) is 0 Å². The largest absolute Gasteiger partial charge is 0.457 e. The van der Waals surface area contributed by atoms with Crippen LogP contribution in [0.2, 0.25) is 16.6 Å². The van der Waals surface area contributed by atoms with E-state index in [0.29, 0.717) is 10.9 Å². The lowest BCUT2D eigenvalue weighted by molar-refractivity contribution is 0.0458. The number of aromatic nitrogens is 1. The third-order valence-electron chi connectivity index (χ3n) is 7.85. The molecule has 0 bridgehead atoms. The van der Waals surface area contributed by atoms with E-state index < -0.39 is 48.6 Å². The molecule has 0 unspecified atom stereocenters. The lowest BCUT2D eigenvalue weighted by atomic mass is 10.0. The van der Waals surface area contributed by atoms with Gasteiger partial charge in [-0.05, 0) is 28.3 Å². The summed E-state index contributed by atoms with van der Waals surface area (Å²) in [5.41, 5.74) is -0.0986. The van der Waals surface area contributed by atoms with E-state index in [2.05, 4.69) is 45.8 Å². The second kappa shape index (κ2) is 11.0. The zero-order chi connectivity index (χ0) is 28.6. The Labute approximate surface area is 227 Å². The van der Waals surface area contributed by atoms with E-state index in [9.17, 15) is 4.79 Å². The van der Waals surface area contributed by atoms with Crippen molar-refractivity contribution >= 4 is 25.1 Å². The Morgan fingerprint density at radius 2 is 1.28 bits per heavy atom. The van der Waals surface area contributed by atoms with Crippen LogP contribution in [0.5, 0.6) is 0 Å². The number of fused-ring (bicyclic) bond motifs is 1. The number of halogens is 4. The summed E-state index contributed by atoms with van der Waals surface area (Å²) in [5.74, 6) is -8.30. The first-order chi connectivity index (χ1) is 18.4. The Morgan fingerprint density at radius 3 is 1.82 bits per heavy atom. The zero-order valence-corrected chi connectivity index (χ0v) is 24.0. The van der Waals surface area contributed by atoms with Gasteiger partial charge in [-0.3, -0.25) is 0 Å². The van der Waals surface area contributed by atoms with Gasteiger partial charge in [-0.15, -0.1) is 0 Å². The highest BCUT2D eigenvalue weighted by molar-refractivity contribution is 6.82. The summed E-state index contributed by atoms with van der Waals surface area (Å²) in [7, 11) is -2.40. The van der Waals surface area contributed by atoms with Crippen LogP contribution >= 0.6 is 0 Å². The maximum Gasteiger partial charge on any atom is 0.344 e. The number of carbonyl (C=O) groups excluding carboxylic acids is 1. The topological polar surface area (TPSA) is 31.2 Å². The summed E-state index contributed by atoms with van der Waals surface area (Å²) < 4.78 is 69.0. The third kappa shape index (κ3) is 4.69. The first-order valence-electron chi connectivity index (χ1n) is 13.1. The summed E-state index contributed by atoms with van der Waals surface area (Å²) in [6.07, 6.45) is 1.64. The minimum atomic E-state index is -2.40. The van der Waals surface area contributed by atoms with Crippen LogP contribution in [0.4, 0.5) is 17.6 Å². The van der Waals surface area contributed by atoms with Gasteiger partial charge in [0.25, 0.3) is 0 Å². The summed E-state index contributed by atoms with van der Waals surface area (Å²) in [6.45, 7) is 12.6. The van der Waals surface area contributed by atoms with Crippen molar-refractivity contribution in [1.29, 1.82) is 0 Å². The van der Waals surface area contributed by atoms with Gasteiger partial charge in [-0.2, -0.15) is 0 Å². The van der Waals surface area contributed by atoms with Crippen LogP contribution in [0.25, 0.3) is 22.0 Å². The number of carbonyl (C=O) groups is 1. The van der Waals surface area contributed by atoms with Crippen molar-refractivity contribution < 1.29 is 27.1 Å². The Morgan fingerprint density at radius 1 is 0.769 bits per heavy atom. The molecule has 8 heteroatoms. The van der Waals surface area contributed by atoms with Crippen LogP contribution in [-0.2, 0) is 11.3 Å². The number of ether oxygens (including phenoxy) is 1. The van der Waals surface area contributed by atoms with E-state index >= 15 is 17.6 Å². The lowest BCUT2D eigenvalue weighted by Gasteiger charge is -2.44. The zero-order valence-electron chi connectivity index (χ0n) is 23.0. The molecular weight excluding hydrogens is 522 g/mol. The molecule has 0 saturated carbocycles. The Balaban J connectivity index is 1.91. The Hall–Kier alpha value is -3.39. The third-order valence-corrected chi connectivity index (χ3v) is 14.6. The maximum absolute atomic E-state index is 15.6. The van der Waals surface area contributed by atoms with Gasteiger partial charge in [-0.25, -0.2) is 22.4 Å². The summed E-state index contributed by atoms with van der Waals surface area (Å²) in [5, 5.41) is 0.479. The molecule has 1 aromatic heterocycles. The maximum atomic E-state index is 15.6. The molecule has 0 N–H and O–H groups in total. The summed E-state index contributed by atoms with van der Waals surface area (Å²) in [4.78, 5) is 12.6. The van der Waals surface area contributed by atoms with Crippen molar-refractivity contribution in [2.45, 2.75) is 64.8 Å². The van der Waals surface area contributed by atoms with Crippen LogP contribution < -0.4 is 0 Å². The quantitative estimate of drug-likeness (QED) is 0.0939. The van der Waals surface area contributed by atoms with Gasteiger partial charge in [0.15, 0.2) is 31.5 Å². The van der Waals surface area contributed by atoms with Gasteiger partial charge in [0, 0.05) is 22.7 Å². The molecule has 0 fully saturated rings. The first kappa shape index (κ1) is 28.6. The number of hydrogen-bond donors (Lipinski definition) is 0. The van der Waals surface area contributed by atoms with Crippen molar-refractivity contribution in [3.63, 3.8) is 0 Å². The van der Waals surface area contributed by atoms with Gasteiger partial charge in [0.05, 0.1) is 5.56 Å². The highest BCUT2D eigenvalue weighted by Gasteiger charge is 2.46. The van der Waals surface area contributed by atoms with E-state index in [1.165, 1.54) is 0 Å². The number of rotatable bonds is 8. The molecule has 39 heavy (non-hydrogen) atoms. The lowest BCUT2D eigenvalue weighted by Crippen LogP contribution is -2.51. The molecule has 0 aliphatic carbocycles. The van der Waals surface area contributed by atoms with Crippen molar-refractivity contribution in [2.75, 3.05) is 0 Å². The molecule has 0 spiro atoms. The first-order valence-corrected chi connectivity index (χ1v) is 15.3. The molecule has 206 valence electrons. The number of benzene rings is 3. The van der Waals surface area contributed by atoms with Gasteiger partial charge < -0.3 is 8.97 Å². The van der Waals surface area contributed by atoms with E-state index in [1.54, 1.807) is 48.7 Å². The SMILES string of the molecule is CC(C)[Si](C(C)C)(C(C)C)n1cc(-c2c(F)c(F)c(C(=O)OCc3ccccc3)c(F)c2F)c2ccccc21. The monoisotopic (exact) mass is 555 g/mol. The molecule has 1 heterocycles. The predicted molar refractivity (Wildman–Crippen MR) is 149 cm³/mol. The highest BCUT2D eigenvalue weighted by atomic mass is 28.3. The van der Waals surface area contributed by atoms with Gasteiger partial charge in [0.2, 0.25) is 0 Å². The van der Waals surface area contributed by atoms with Gasteiger partial charge >= 0.3 is 5.97 Å². The Bertz CT molecular complexity index is 1460. The molecule has 0 aliphatic heterocycles. The van der Waals surface area contributed by atoms with Crippen molar-refractivity contribution in [1.82, 2.24) is 4.23 Å². The second-order valence-electron chi connectivity index (χ2n) is 10.8. The second-order valence-corrected chi connectivity index (χ2v) is 16.6. The fraction of sp³-hybridized carbons (Fsp3) is 0.323. The molecular formula is C31H33F4NO2Si. The van der Waals surface area contributed by atoms with E-state index in [-0.39, 0.29) is 28.8 Å². The van der Waals surface area contributed by atoms with Crippen molar-refractivity contribution in [3.05, 3.63) is 95.2 Å². The minimum absolute atomic E-state index is 0.0430. The molecule has 4 aromatic rings. The number of nitrogens with zero attached hydrogens (tertiary/aromatic N) is 1. The van der Waals surface area contributed by atoms with Crippen LogP contribution in [0.15, 0.2) is 60.8 Å². The predicted octanol–water partition coefficient (Wildman–Crippen LogP) is 9.25. The minimum Gasteiger partial charge on any atom is -0.457 e. The van der Waals surface area contributed by atoms with Crippen LogP contribution in [0, 0.1) is 23.3 Å². The molecule has 0 atom stereocenters. The molecule has 3 aromatic carbocycles. The average molecular weight is 556 g/mol. The molecule has 0 radical (unpaired) electrons. The molecule has 3 nitrogen and oxygen atoms in total. The Kier molecular flexibility index (Phi) is 8.07. The van der Waals surface area contributed by atoms with Gasteiger partial charge in [0.1, 0.15) is 12.2 Å². The average Bonchev–Trinajstić information content (AvgIpc) is 3.26. The van der Waals surface area contributed by atoms with E-state index in [1.807, 2.05) is 12.1 Å². The van der Waals surface area contributed by atoms with Crippen LogP contribution in [-0.4, -0.2) is 18.4 Å². The van der Waals surface area contributed by atoms with Crippen molar-refractivity contribution in [3.8, 4) is 11.1 Å². The summed E-state index contributed by atoms with van der Waals surface area (Å²) in [6, 6.07) is 15.6. The fourth-order valence-corrected chi connectivity index (χ4v) is 13.0. The smallest absolute Gasteiger partial charge is 0.344 e. The molecule has 0 amide bonds. The number of para-hydroxylation sites is 1. The van der Waals surface area contributed by atoms with E-state index in [0.717, 1.165) is 5.52 Å². The van der Waals surface area contributed by atoms with Crippen LogP contribution in [0.1, 0.15) is 57.5 Å². The molecule has 4 rings (SSSR count). The molecule has 0 saturated heterocycles. The normalized spacial score (nSPS) is 12.2. The van der Waals surface area contributed by atoms with Gasteiger partial charge in [-0.1, -0.05) is 90.1 Å². The number of hydrogen-bond acceptors (Lipinski definition) is 2. The highest BCUT2D eigenvalue weighted by Crippen LogP contribution is 2.47.